The first kappa shape index (κ1) is 6.93. The van der Waals surface area contributed by atoms with Crippen molar-refractivity contribution in [3.8, 4) is 0 Å². The van der Waals surface area contributed by atoms with E-state index in [4.69, 9.17) is 9.84 Å². The molecule has 1 N–H and O–H groups in total. The van der Waals surface area contributed by atoms with E-state index in [1.807, 2.05) is 13.0 Å². The molecule has 1 rings (SSSR count). The molecule has 0 radical (unpaired) electrons. The fourth-order valence-corrected chi connectivity index (χ4v) is 0.670. The van der Waals surface area contributed by atoms with Gasteiger partial charge in [0.15, 0.2) is 5.76 Å². The summed E-state index contributed by atoms with van der Waals surface area (Å²) in [7, 11) is 0. The molecule has 10 heavy (non-hydrogen) atoms. The maximum atomic E-state index is 8.92. The monoisotopic (exact) mass is 138 g/mol. The Hall–Kier alpha value is -1.18. The molecule has 0 saturated heterocycles. The molecule has 1 aliphatic heterocycles. The molecule has 0 aromatic heterocycles. The van der Waals surface area contributed by atoms with Crippen LogP contribution in [0.2, 0.25) is 0 Å². The van der Waals surface area contributed by atoms with Crippen LogP contribution in [0.15, 0.2) is 36.0 Å². The van der Waals surface area contributed by atoms with Gasteiger partial charge in [-0.1, -0.05) is 13.0 Å². The predicted molar refractivity (Wildman–Crippen MR) is 39.3 cm³/mol. The molecule has 2 nitrogen and oxygen atoms in total. The van der Waals surface area contributed by atoms with Gasteiger partial charge in [-0.05, 0) is 12.2 Å². The molecule has 0 bridgehead atoms. The van der Waals surface area contributed by atoms with E-state index >= 15 is 0 Å². The van der Waals surface area contributed by atoms with Crippen LogP contribution in [0, 0.1) is 0 Å². The van der Waals surface area contributed by atoms with Crippen LogP contribution < -0.4 is 0 Å². The number of aliphatic hydroxyl groups is 1. The topological polar surface area (TPSA) is 29.5 Å². The summed E-state index contributed by atoms with van der Waals surface area (Å²) in [6.45, 7) is 2.00. The second-order valence-electron chi connectivity index (χ2n) is 2.01. The lowest BCUT2D eigenvalue weighted by Gasteiger charge is -1.98. The van der Waals surface area contributed by atoms with Gasteiger partial charge in [0.25, 0.3) is 0 Å². The molecule has 0 amide bonds. The molecule has 0 aromatic carbocycles. The third-order valence-electron chi connectivity index (χ3n) is 1.23. The summed E-state index contributed by atoms with van der Waals surface area (Å²) in [6, 6.07) is 0. The standard InChI is InChI=1S/C8H10O2/c1-2-8-5-3-4-7(9)6-10-8/h3-6,9H,2H2,1H3. The molecule has 1 heterocycles. The Labute approximate surface area is 60.1 Å². The molecular formula is C8H10O2. The van der Waals surface area contributed by atoms with E-state index in [-0.39, 0.29) is 5.76 Å². The van der Waals surface area contributed by atoms with Crippen molar-refractivity contribution < 1.29 is 9.84 Å². The zero-order chi connectivity index (χ0) is 7.40. The largest absolute Gasteiger partial charge is 0.505 e. The lowest BCUT2D eigenvalue weighted by molar-refractivity contribution is 0.308. The molecule has 2 heteroatoms. The summed E-state index contributed by atoms with van der Waals surface area (Å²) < 4.78 is 5.05. The van der Waals surface area contributed by atoms with Gasteiger partial charge >= 0.3 is 0 Å². The fraction of sp³-hybridized carbons (Fsp3) is 0.250. The van der Waals surface area contributed by atoms with E-state index in [2.05, 4.69) is 0 Å². The Kier molecular flexibility index (Phi) is 2.15. The van der Waals surface area contributed by atoms with Gasteiger partial charge in [0.1, 0.15) is 12.0 Å². The molecule has 0 spiro atoms. The number of rotatable bonds is 1. The summed E-state index contributed by atoms with van der Waals surface area (Å²) >= 11 is 0. The maximum absolute atomic E-state index is 8.92. The molecule has 0 unspecified atom stereocenters. The first-order valence-corrected chi connectivity index (χ1v) is 3.26. The molecule has 0 saturated carbocycles. The average Bonchev–Trinajstić information content (AvgIpc) is 2.14. The Morgan fingerprint density at radius 1 is 1.60 bits per heavy atom. The summed E-state index contributed by atoms with van der Waals surface area (Å²) in [5, 5.41) is 8.92. The van der Waals surface area contributed by atoms with Crippen molar-refractivity contribution in [1.29, 1.82) is 0 Å². The van der Waals surface area contributed by atoms with Crippen molar-refractivity contribution in [3.63, 3.8) is 0 Å². The second-order valence-corrected chi connectivity index (χ2v) is 2.01. The first-order chi connectivity index (χ1) is 4.83. The van der Waals surface area contributed by atoms with Crippen molar-refractivity contribution in [3.05, 3.63) is 36.0 Å². The third-order valence-corrected chi connectivity index (χ3v) is 1.23. The van der Waals surface area contributed by atoms with Gasteiger partial charge in [-0.2, -0.15) is 0 Å². The van der Waals surface area contributed by atoms with Gasteiger partial charge in [0.05, 0.1) is 0 Å². The van der Waals surface area contributed by atoms with Gasteiger partial charge in [-0.25, -0.2) is 0 Å². The van der Waals surface area contributed by atoms with Gasteiger partial charge in [0.2, 0.25) is 0 Å². The quantitative estimate of drug-likeness (QED) is 0.602. The number of ether oxygens (including phenoxy) is 1. The minimum atomic E-state index is 0.153. The lowest BCUT2D eigenvalue weighted by atomic mass is 10.3. The van der Waals surface area contributed by atoms with Crippen LogP contribution >= 0.6 is 0 Å². The Morgan fingerprint density at radius 3 is 3.10 bits per heavy atom. The lowest BCUT2D eigenvalue weighted by Crippen LogP contribution is -1.81. The van der Waals surface area contributed by atoms with Crippen LogP contribution in [0.3, 0.4) is 0 Å². The van der Waals surface area contributed by atoms with Gasteiger partial charge in [-0.15, -0.1) is 0 Å². The van der Waals surface area contributed by atoms with Gasteiger partial charge in [0, 0.05) is 6.42 Å². The van der Waals surface area contributed by atoms with Crippen LogP contribution in [0.1, 0.15) is 13.3 Å². The van der Waals surface area contributed by atoms with E-state index in [9.17, 15) is 0 Å². The Bertz CT molecular complexity index is 197. The summed E-state index contributed by atoms with van der Waals surface area (Å²) in [6.07, 6.45) is 7.35. The Morgan fingerprint density at radius 2 is 2.40 bits per heavy atom. The molecule has 0 aromatic rings. The highest BCUT2D eigenvalue weighted by atomic mass is 16.5. The number of hydrogen-bond acceptors (Lipinski definition) is 2. The number of hydrogen-bond donors (Lipinski definition) is 1. The van der Waals surface area contributed by atoms with Gasteiger partial charge in [-0.3, -0.25) is 0 Å². The Balaban J connectivity index is 2.69. The molecule has 54 valence electrons. The van der Waals surface area contributed by atoms with E-state index in [0.717, 1.165) is 12.2 Å². The zero-order valence-electron chi connectivity index (χ0n) is 5.87. The van der Waals surface area contributed by atoms with Crippen molar-refractivity contribution in [2.45, 2.75) is 13.3 Å². The van der Waals surface area contributed by atoms with E-state index in [1.165, 1.54) is 6.26 Å². The number of aliphatic hydroxyl groups excluding tert-OH is 1. The summed E-state index contributed by atoms with van der Waals surface area (Å²) in [5.41, 5.74) is 0. The van der Waals surface area contributed by atoms with Gasteiger partial charge < -0.3 is 9.84 Å². The van der Waals surface area contributed by atoms with Crippen LogP contribution in [-0.2, 0) is 4.74 Å². The minimum absolute atomic E-state index is 0.153. The normalized spacial score (nSPS) is 16.9. The van der Waals surface area contributed by atoms with E-state index in [0.29, 0.717) is 0 Å². The highest BCUT2D eigenvalue weighted by Gasteiger charge is 1.95. The molecular weight excluding hydrogens is 128 g/mol. The SMILES string of the molecule is CCC1=CC=CC(O)=CO1. The van der Waals surface area contributed by atoms with E-state index in [1.54, 1.807) is 12.2 Å². The van der Waals surface area contributed by atoms with Crippen LogP contribution in [0.25, 0.3) is 0 Å². The zero-order valence-corrected chi connectivity index (χ0v) is 5.87. The van der Waals surface area contributed by atoms with Crippen molar-refractivity contribution in [1.82, 2.24) is 0 Å². The minimum Gasteiger partial charge on any atom is -0.505 e. The number of allylic oxidation sites excluding steroid dienone is 4. The van der Waals surface area contributed by atoms with Crippen molar-refractivity contribution in [2.75, 3.05) is 0 Å². The highest BCUT2D eigenvalue weighted by Crippen LogP contribution is 2.09. The molecule has 0 fully saturated rings. The van der Waals surface area contributed by atoms with Crippen molar-refractivity contribution in [2.24, 2.45) is 0 Å². The summed E-state index contributed by atoms with van der Waals surface area (Å²) in [4.78, 5) is 0. The molecule has 0 aliphatic carbocycles. The van der Waals surface area contributed by atoms with Crippen LogP contribution in [0.5, 0.6) is 0 Å². The first-order valence-electron chi connectivity index (χ1n) is 3.26. The molecule has 0 atom stereocenters. The highest BCUT2D eigenvalue weighted by molar-refractivity contribution is 5.20. The van der Waals surface area contributed by atoms with Crippen LogP contribution in [-0.4, -0.2) is 5.11 Å². The second kappa shape index (κ2) is 3.11. The van der Waals surface area contributed by atoms with Crippen molar-refractivity contribution >= 4 is 0 Å². The van der Waals surface area contributed by atoms with Crippen LogP contribution in [0.4, 0.5) is 0 Å². The fourth-order valence-electron chi connectivity index (χ4n) is 0.670. The summed E-state index contributed by atoms with van der Waals surface area (Å²) in [5.74, 6) is 1.01. The maximum Gasteiger partial charge on any atom is 0.150 e. The predicted octanol–water partition coefficient (Wildman–Crippen LogP) is 2.27. The van der Waals surface area contributed by atoms with E-state index < -0.39 is 0 Å². The smallest absolute Gasteiger partial charge is 0.150 e. The third kappa shape index (κ3) is 1.65. The molecule has 1 aliphatic rings. The average molecular weight is 138 g/mol.